The predicted molar refractivity (Wildman–Crippen MR) is 85.4 cm³/mol. The summed E-state index contributed by atoms with van der Waals surface area (Å²) in [5.74, 6) is 0.839. The number of aromatic nitrogens is 1. The molecule has 6 heteroatoms. The smallest absolute Gasteiger partial charge is 0.131 e. The van der Waals surface area contributed by atoms with Crippen molar-refractivity contribution in [2.24, 2.45) is 0 Å². The molecule has 0 aliphatic carbocycles. The summed E-state index contributed by atoms with van der Waals surface area (Å²) >= 11 is 10.9. The molecule has 1 unspecified atom stereocenters. The van der Waals surface area contributed by atoms with Crippen molar-refractivity contribution in [3.8, 4) is 0 Å². The Morgan fingerprint density at radius 3 is 2.75 bits per heavy atom. The van der Waals surface area contributed by atoms with Crippen LogP contribution in [0.3, 0.4) is 0 Å². The van der Waals surface area contributed by atoms with Gasteiger partial charge in [0, 0.05) is 4.88 Å². The molecule has 3 heterocycles. The Kier molecular flexibility index (Phi) is 4.10. The van der Waals surface area contributed by atoms with Crippen LogP contribution < -0.4 is 5.32 Å². The summed E-state index contributed by atoms with van der Waals surface area (Å²) in [5.41, 5.74) is 0.916. The standard InChI is InChI=1S/C14H10BrClN2OS/c15-12-5-3-9(8-17-12)18-14(10-2-1-7-19-10)11-4-6-13(16)20-11/h1-8,14,18H. The van der Waals surface area contributed by atoms with Gasteiger partial charge in [-0.3, -0.25) is 0 Å². The maximum atomic E-state index is 6.03. The van der Waals surface area contributed by atoms with E-state index in [0.717, 1.165) is 25.3 Å². The van der Waals surface area contributed by atoms with Crippen molar-refractivity contribution in [2.45, 2.75) is 6.04 Å². The van der Waals surface area contributed by atoms with Crippen molar-refractivity contribution in [1.29, 1.82) is 0 Å². The topological polar surface area (TPSA) is 38.1 Å². The van der Waals surface area contributed by atoms with Gasteiger partial charge >= 0.3 is 0 Å². The average molecular weight is 370 g/mol. The molecular weight excluding hydrogens is 360 g/mol. The van der Waals surface area contributed by atoms with Crippen LogP contribution in [0, 0.1) is 0 Å². The third kappa shape index (κ3) is 3.06. The molecule has 20 heavy (non-hydrogen) atoms. The number of hydrogen-bond acceptors (Lipinski definition) is 4. The molecule has 0 radical (unpaired) electrons. The van der Waals surface area contributed by atoms with Crippen LogP contribution in [0.25, 0.3) is 0 Å². The minimum atomic E-state index is -0.0783. The van der Waals surface area contributed by atoms with E-state index in [9.17, 15) is 0 Å². The van der Waals surface area contributed by atoms with Crippen LogP contribution in [0.4, 0.5) is 5.69 Å². The lowest BCUT2D eigenvalue weighted by molar-refractivity contribution is 0.500. The molecule has 0 bridgehead atoms. The number of pyridine rings is 1. The summed E-state index contributed by atoms with van der Waals surface area (Å²) in [6.45, 7) is 0. The average Bonchev–Trinajstić information content (AvgIpc) is 3.09. The van der Waals surface area contributed by atoms with Crippen LogP contribution >= 0.6 is 38.9 Å². The zero-order chi connectivity index (χ0) is 13.9. The second-order valence-corrected chi connectivity index (χ2v) is 6.66. The van der Waals surface area contributed by atoms with E-state index in [1.54, 1.807) is 12.5 Å². The largest absolute Gasteiger partial charge is 0.467 e. The van der Waals surface area contributed by atoms with Gasteiger partial charge in [-0.25, -0.2) is 4.98 Å². The second kappa shape index (κ2) is 5.99. The molecule has 0 saturated carbocycles. The Hall–Kier alpha value is -1.30. The summed E-state index contributed by atoms with van der Waals surface area (Å²) in [4.78, 5) is 5.30. The maximum Gasteiger partial charge on any atom is 0.131 e. The summed E-state index contributed by atoms with van der Waals surface area (Å²) < 4.78 is 7.09. The van der Waals surface area contributed by atoms with Gasteiger partial charge in [0.15, 0.2) is 0 Å². The minimum Gasteiger partial charge on any atom is -0.467 e. The Balaban J connectivity index is 1.92. The first-order chi connectivity index (χ1) is 9.72. The van der Waals surface area contributed by atoms with Crippen molar-refractivity contribution in [2.75, 3.05) is 5.32 Å². The Morgan fingerprint density at radius 2 is 2.15 bits per heavy atom. The number of hydrogen-bond donors (Lipinski definition) is 1. The molecule has 1 N–H and O–H groups in total. The van der Waals surface area contributed by atoms with E-state index in [2.05, 4.69) is 26.2 Å². The number of nitrogens with zero attached hydrogens (tertiary/aromatic N) is 1. The van der Waals surface area contributed by atoms with E-state index >= 15 is 0 Å². The van der Waals surface area contributed by atoms with Gasteiger partial charge in [0.2, 0.25) is 0 Å². The number of halogens is 2. The summed E-state index contributed by atoms with van der Waals surface area (Å²) in [6.07, 6.45) is 3.44. The summed E-state index contributed by atoms with van der Waals surface area (Å²) in [5, 5.41) is 3.41. The lowest BCUT2D eigenvalue weighted by Crippen LogP contribution is -2.10. The molecule has 0 aliphatic heterocycles. The normalized spacial score (nSPS) is 12.3. The zero-order valence-electron chi connectivity index (χ0n) is 10.2. The van der Waals surface area contributed by atoms with Gasteiger partial charge in [0.25, 0.3) is 0 Å². The highest BCUT2D eigenvalue weighted by molar-refractivity contribution is 9.10. The molecule has 1 atom stereocenters. The first-order valence-electron chi connectivity index (χ1n) is 5.89. The van der Waals surface area contributed by atoms with Crippen molar-refractivity contribution in [3.63, 3.8) is 0 Å². The van der Waals surface area contributed by atoms with E-state index < -0.39 is 0 Å². The maximum absolute atomic E-state index is 6.03. The van der Waals surface area contributed by atoms with Crippen molar-refractivity contribution in [3.05, 3.63) is 68.4 Å². The highest BCUT2D eigenvalue weighted by Gasteiger charge is 2.18. The SMILES string of the molecule is Clc1ccc(C(Nc2ccc(Br)nc2)c2ccco2)s1. The number of thiophene rings is 1. The fourth-order valence-corrected chi connectivity index (χ4v) is 3.20. The molecule has 0 saturated heterocycles. The van der Waals surface area contributed by atoms with Crippen LogP contribution in [-0.4, -0.2) is 4.98 Å². The van der Waals surface area contributed by atoms with Crippen LogP contribution in [-0.2, 0) is 0 Å². The zero-order valence-corrected chi connectivity index (χ0v) is 13.4. The van der Waals surface area contributed by atoms with Crippen LogP contribution in [0.1, 0.15) is 16.7 Å². The monoisotopic (exact) mass is 368 g/mol. The Labute approximate surface area is 133 Å². The molecule has 0 aromatic carbocycles. The number of nitrogens with one attached hydrogen (secondary N) is 1. The molecule has 0 fully saturated rings. The fourth-order valence-electron chi connectivity index (χ4n) is 1.85. The first kappa shape index (κ1) is 13.7. The first-order valence-corrected chi connectivity index (χ1v) is 7.88. The molecule has 102 valence electrons. The third-order valence-corrected chi connectivity index (χ3v) is 4.51. The predicted octanol–water partition coefficient (Wildman–Crippen LogP) is 5.35. The third-order valence-electron chi connectivity index (χ3n) is 2.74. The molecule has 3 aromatic rings. The van der Waals surface area contributed by atoms with E-state index in [1.165, 1.54) is 11.3 Å². The highest BCUT2D eigenvalue weighted by Crippen LogP contribution is 2.33. The molecule has 0 amide bonds. The van der Waals surface area contributed by atoms with Gasteiger partial charge in [-0.1, -0.05) is 11.6 Å². The van der Waals surface area contributed by atoms with Crippen molar-refractivity contribution >= 4 is 44.6 Å². The van der Waals surface area contributed by atoms with Crippen LogP contribution in [0.15, 0.2) is 57.9 Å². The lowest BCUT2D eigenvalue weighted by Gasteiger charge is -2.16. The van der Waals surface area contributed by atoms with Crippen LogP contribution in [0.2, 0.25) is 4.34 Å². The highest BCUT2D eigenvalue weighted by atomic mass is 79.9. The molecular formula is C14H10BrClN2OS. The van der Waals surface area contributed by atoms with E-state index in [4.69, 9.17) is 16.0 Å². The molecule has 3 aromatic heterocycles. The molecule has 0 spiro atoms. The van der Waals surface area contributed by atoms with Gasteiger partial charge in [0.1, 0.15) is 16.4 Å². The number of anilines is 1. The summed E-state index contributed by atoms with van der Waals surface area (Å²) in [6, 6.07) is 11.5. The van der Waals surface area contributed by atoms with Gasteiger partial charge in [-0.05, 0) is 52.3 Å². The van der Waals surface area contributed by atoms with Crippen molar-refractivity contribution < 1.29 is 4.42 Å². The fraction of sp³-hybridized carbons (Fsp3) is 0.0714. The number of furan rings is 1. The molecule has 0 aliphatic rings. The van der Waals surface area contributed by atoms with E-state index in [1.807, 2.05) is 36.4 Å². The van der Waals surface area contributed by atoms with Gasteiger partial charge in [0.05, 0.1) is 22.5 Å². The molecule has 3 nitrogen and oxygen atoms in total. The van der Waals surface area contributed by atoms with Crippen molar-refractivity contribution in [1.82, 2.24) is 4.98 Å². The number of rotatable bonds is 4. The Morgan fingerprint density at radius 1 is 1.25 bits per heavy atom. The van der Waals surface area contributed by atoms with Crippen LogP contribution in [0.5, 0.6) is 0 Å². The minimum absolute atomic E-state index is 0.0783. The van der Waals surface area contributed by atoms with E-state index in [0.29, 0.717) is 0 Å². The van der Waals surface area contributed by atoms with E-state index in [-0.39, 0.29) is 6.04 Å². The van der Waals surface area contributed by atoms with Gasteiger partial charge in [-0.15, -0.1) is 11.3 Å². The molecule has 3 rings (SSSR count). The summed E-state index contributed by atoms with van der Waals surface area (Å²) in [7, 11) is 0. The lowest BCUT2D eigenvalue weighted by atomic mass is 10.2. The van der Waals surface area contributed by atoms with Gasteiger partial charge < -0.3 is 9.73 Å². The van der Waals surface area contributed by atoms with Gasteiger partial charge in [-0.2, -0.15) is 0 Å². The quantitative estimate of drug-likeness (QED) is 0.630. The second-order valence-electron chi connectivity index (χ2n) is 4.10. The Bertz CT molecular complexity index is 682.